The van der Waals surface area contributed by atoms with E-state index in [-0.39, 0.29) is 35.4 Å². The summed E-state index contributed by atoms with van der Waals surface area (Å²) in [6.07, 6.45) is 0. The van der Waals surface area contributed by atoms with Gasteiger partial charge in [0.05, 0.1) is 35.8 Å². The molecule has 0 aliphatic rings. The zero-order chi connectivity index (χ0) is 21.4. The van der Waals surface area contributed by atoms with Crippen LogP contribution in [0.1, 0.15) is 6.92 Å². The monoisotopic (exact) mass is 420 g/mol. The van der Waals surface area contributed by atoms with E-state index in [1.807, 2.05) is 6.92 Å². The molecule has 2 aromatic rings. The number of anilines is 2. The highest BCUT2D eigenvalue weighted by molar-refractivity contribution is 6.34. The third-order valence-corrected chi connectivity index (χ3v) is 4.29. The molecule has 2 N–H and O–H groups in total. The van der Waals surface area contributed by atoms with Crippen molar-refractivity contribution in [3.05, 3.63) is 57.6 Å². The SMILES string of the molecule is CCN(CC(=O)Nc1cccc(OC)c1)CC(=O)Nc1ccc([N+](=O)[O-])cc1Cl. The van der Waals surface area contributed by atoms with Crippen LogP contribution in [0.15, 0.2) is 42.5 Å². The first-order chi connectivity index (χ1) is 13.8. The number of hydrogen-bond acceptors (Lipinski definition) is 6. The zero-order valence-corrected chi connectivity index (χ0v) is 16.7. The summed E-state index contributed by atoms with van der Waals surface area (Å²) < 4.78 is 5.12. The fourth-order valence-electron chi connectivity index (χ4n) is 2.50. The lowest BCUT2D eigenvalue weighted by Crippen LogP contribution is -2.38. The molecular formula is C19H21ClN4O5. The number of ether oxygens (including phenoxy) is 1. The maximum absolute atomic E-state index is 12.3. The summed E-state index contributed by atoms with van der Waals surface area (Å²) >= 11 is 5.98. The van der Waals surface area contributed by atoms with Gasteiger partial charge in [0.15, 0.2) is 0 Å². The molecule has 0 aliphatic carbocycles. The number of likely N-dealkylation sites (N-methyl/N-ethyl adjacent to an activating group) is 1. The fraction of sp³-hybridized carbons (Fsp3) is 0.263. The number of nitro benzene ring substituents is 1. The average Bonchev–Trinajstić information content (AvgIpc) is 2.68. The minimum atomic E-state index is -0.572. The molecule has 0 radical (unpaired) electrons. The molecule has 0 aromatic heterocycles. The molecule has 0 heterocycles. The molecule has 29 heavy (non-hydrogen) atoms. The van der Waals surface area contributed by atoms with Crippen molar-refractivity contribution in [2.75, 3.05) is 37.4 Å². The summed E-state index contributed by atoms with van der Waals surface area (Å²) in [4.78, 5) is 36.4. The standard InChI is InChI=1S/C19H21ClN4O5/c1-3-23(11-18(25)21-13-5-4-6-15(9-13)29-2)12-19(26)22-17-8-7-14(24(27)28)10-16(17)20/h4-10H,3,11-12H2,1-2H3,(H,21,25)(H,22,26). The van der Waals surface area contributed by atoms with Crippen LogP contribution in [0.5, 0.6) is 5.75 Å². The number of hydrogen-bond donors (Lipinski definition) is 2. The van der Waals surface area contributed by atoms with Crippen LogP contribution < -0.4 is 15.4 Å². The van der Waals surface area contributed by atoms with Crippen LogP contribution in [-0.2, 0) is 9.59 Å². The Morgan fingerprint density at radius 3 is 2.41 bits per heavy atom. The zero-order valence-electron chi connectivity index (χ0n) is 16.0. The first-order valence-corrected chi connectivity index (χ1v) is 9.10. The van der Waals surface area contributed by atoms with Crippen LogP contribution >= 0.6 is 11.6 Å². The van der Waals surface area contributed by atoms with Crippen molar-refractivity contribution >= 4 is 40.5 Å². The van der Waals surface area contributed by atoms with Crippen molar-refractivity contribution in [2.24, 2.45) is 0 Å². The number of rotatable bonds is 9. The second-order valence-corrected chi connectivity index (χ2v) is 6.46. The quantitative estimate of drug-likeness (QED) is 0.475. The van der Waals surface area contributed by atoms with Crippen LogP contribution in [0.3, 0.4) is 0 Å². The van der Waals surface area contributed by atoms with Gasteiger partial charge in [-0.3, -0.25) is 24.6 Å². The molecule has 2 rings (SSSR count). The lowest BCUT2D eigenvalue weighted by molar-refractivity contribution is -0.384. The number of nitrogens with zero attached hydrogens (tertiary/aromatic N) is 2. The van der Waals surface area contributed by atoms with Crippen LogP contribution in [0.2, 0.25) is 5.02 Å². The molecule has 2 amide bonds. The first-order valence-electron chi connectivity index (χ1n) is 8.72. The average molecular weight is 421 g/mol. The van der Waals surface area contributed by atoms with Gasteiger partial charge in [-0.05, 0) is 24.7 Å². The topological polar surface area (TPSA) is 114 Å². The van der Waals surface area contributed by atoms with Crippen LogP contribution in [0.4, 0.5) is 17.1 Å². The van der Waals surface area contributed by atoms with Crippen LogP contribution in [-0.4, -0.2) is 48.4 Å². The molecule has 0 spiro atoms. The number of nitro groups is 1. The van der Waals surface area contributed by atoms with Crippen molar-refractivity contribution < 1.29 is 19.2 Å². The summed E-state index contributed by atoms with van der Waals surface area (Å²) in [6, 6.07) is 10.7. The highest BCUT2D eigenvalue weighted by Gasteiger charge is 2.16. The number of amides is 2. The van der Waals surface area contributed by atoms with Gasteiger partial charge in [-0.2, -0.15) is 0 Å². The molecule has 9 nitrogen and oxygen atoms in total. The number of carbonyl (C=O) groups excluding carboxylic acids is 2. The minimum absolute atomic E-state index is 0.00905. The molecule has 0 saturated carbocycles. The van der Waals surface area contributed by atoms with Gasteiger partial charge in [0, 0.05) is 23.9 Å². The molecule has 0 fully saturated rings. The van der Waals surface area contributed by atoms with Gasteiger partial charge < -0.3 is 15.4 Å². The van der Waals surface area contributed by atoms with Gasteiger partial charge in [0.25, 0.3) is 5.69 Å². The lowest BCUT2D eigenvalue weighted by atomic mass is 10.2. The molecule has 0 aliphatic heterocycles. The third-order valence-electron chi connectivity index (χ3n) is 3.97. The van der Waals surface area contributed by atoms with Crippen molar-refractivity contribution in [3.8, 4) is 5.75 Å². The molecule has 0 atom stereocenters. The Hall–Kier alpha value is -3.17. The molecule has 0 saturated heterocycles. The second kappa shape index (κ2) is 10.4. The van der Waals surface area contributed by atoms with Crippen molar-refractivity contribution in [3.63, 3.8) is 0 Å². The van der Waals surface area contributed by atoms with E-state index in [0.29, 0.717) is 18.0 Å². The van der Waals surface area contributed by atoms with Gasteiger partial charge in [-0.1, -0.05) is 24.6 Å². The Morgan fingerprint density at radius 2 is 1.83 bits per heavy atom. The van der Waals surface area contributed by atoms with Crippen molar-refractivity contribution in [2.45, 2.75) is 6.92 Å². The normalized spacial score (nSPS) is 10.5. The smallest absolute Gasteiger partial charge is 0.271 e. The van der Waals surface area contributed by atoms with Crippen LogP contribution in [0.25, 0.3) is 0 Å². The van der Waals surface area contributed by atoms with E-state index in [0.717, 1.165) is 6.07 Å². The van der Waals surface area contributed by atoms with Gasteiger partial charge >= 0.3 is 0 Å². The summed E-state index contributed by atoms with van der Waals surface area (Å²) in [5.41, 5.74) is 0.684. The summed E-state index contributed by atoms with van der Waals surface area (Å²) in [7, 11) is 1.54. The summed E-state index contributed by atoms with van der Waals surface area (Å²) in [5.74, 6) is -0.0486. The van der Waals surface area contributed by atoms with Crippen molar-refractivity contribution in [1.29, 1.82) is 0 Å². The van der Waals surface area contributed by atoms with E-state index in [4.69, 9.17) is 16.3 Å². The predicted octanol–water partition coefficient (Wildman–Crippen LogP) is 3.16. The molecule has 2 aromatic carbocycles. The molecule has 10 heteroatoms. The summed E-state index contributed by atoms with van der Waals surface area (Å²) in [5, 5.41) is 16.2. The largest absolute Gasteiger partial charge is 0.497 e. The maximum Gasteiger partial charge on any atom is 0.271 e. The Kier molecular flexibility index (Phi) is 7.93. The minimum Gasteiger partial charge on any atom is -0.497 e. The maximum atomic E-state index is 12.3. The molecular weight excluding hydrogens is 400 g/mol. The second-order valence-electron chi connectivity index (χ2n) is 6.05. The lowest BCUT2D eigenvalue weighted by Gasteiger charge is -2.19. The Balaban J connectivity index is 1.92. The van der Waals surface area contributed by atoms with E-state index in [9.17, 15) is 19.7 Å². The van der Waals surface area contributed by atoms with E-state index >= 15 is 0 Å². The third kappa shape index (κ3) is 6.74. The van der Waals surface area contributed by atoms with Gasteiger partial charge in [0.1, 0.15) is 5.75 Å². The van der Waals surface area contributed by atoms with E-state index in [1.54, 1.807) is 29.2 Å². The number of benzene rings is 2. The van der Waals surface area contributed by atoms with E-state index in [1.165, 1.54) is 19.2 Å². The molecule has 154 valence electrons. The molecule has 0 bridgehead atoms. The Morgan fingerprint density at radius 1 is 1.14 bits per heavy atom. The van der Waals surface area contributed by atoms with Crippen LogP contribution in [0, 0.1) is 10.1 Å². The van der Waals surface area contributed by atoms with E-state index < -0.39 is 10.8 Å². The van der Waals surface area contributed by atoms with Gasteiger partial charge in [-0.25, -0.2) is 0 Å². The Labute approximate surface area is 172 Å². The summed E-state index contributed by atoms with van der Waals surface area (Å²) in [6.45, 7) is 2.25. The highest BCUT2D eigenvalue weighted by Crippen LogP contribution is 2.26. The highest BCUT2D eigenvalue weighted by atomic mass is 35.5. The predicted molar refractivity (Wildman–Crippen MR) is 110 cm³/mol. The Bertz CT molecular complexity index is 906. The number of halogens is 1. The number of non-ortho nitro benzene ring substituents is 1. The first kappa shape index (κ1) is 22.1. The van der Waals surface area contributed by atoms with E-state index in [2.05, 4.69) is 10.6 Å². The van der Waals surface area contributed by atoms with Gasteiger partial charge in [0.2, 0.25) is 11.8 Å². The number of carbonyl (C=O) groups is 2. The van der Waals surface area contributed by atoms with Crippen molar-refractivity contribution in [1.82, 2.24) is 4.90 Å². The number of methoxy groups -OCH3 is 1. The number of nitrogens with one attached hydrogen (secondary N) is 2. The molecule has 0 unspecified atom stereocenters. The van der Waals surface area contributed by atoms with Gasteiger partial charge in [-0.15, -0.1) is 0 Å². The fourth-order valence-corrected chi connectivity index (χ4v) is 2.72.